The summed E-state index contributed by atoms with van der Waals surface area (Å²) in [6, 6.07) is 3.76. The topological polar surface area (TPSA) is 103 Å². The third kappa shape index (κ3) is 4.37. The van der Waals surface area contributed by atoms with E-state index in [1.807, 2.05) is 0 Å². The van der Waals surface area contributed by atoms with Crippen LogP contribution >= 0.6 is 0 Å². The Kier molecular flexibility index (Phi) is 6.18. The second-order valence-electron chi connectivity index (χ2n) is 4.19. The van der Waals surface area contributed by atoms with Crippen molar-refractivity contribution in [2.75, 3.05) is 21.3 Å². The van der Waals surface area contributed by atoms with Crippen LogP contribution in [0.4, 0.5) is 4.79 Å². The van der Waals surface area contributed by atoms with Gasteiger partial charge in [-0.1, -0.05) is 0 Å². The summed E-state index contributed by atoms with van der Waals surface area (Å²) in [7, 11) is 4.06. The fourth-order valence-corrected chi connectivity index (χ4v) is 1.53. The summed E-state index contributed by atoms with van der Waals surface area (Å²) in [5.74, 6) is -0.606. The maximum atomic E-state index is 11.7. The van der Waals surface area contributed by atoms with Crippen LogP contribution in [0.25, 0.3) is 0 Å². The van der Waals surface area contributed by atoms with E-state index in [9.17, 15) is 14.4 Å². The highest BCUT2D eigenvalue weighted by Crippen LogP contribution is 2.29. The predicted molar refractivity (Wildman–Crippen MR) is 77.0 cm³/mol. The zero-order valence-electron chi connectivity index (χ0n) is 12.8. The molecule has 0 aromatic heterocycles. The zero-order chi connectivity index (χ0) is 16.7. The van der Waals surface area contributed by atoms with Gasteiger partial charge in [0.05, 0.1) is 19.8 Å². The molecule has 1 rings (SSSR count). The molecule has 0 unspecified atom stereocenters. The highest BCUT2D eigenvalue weighted by Gasteiger charge is 2.19. The molecule has 0 bridgehead atoms. The number of imide groups is 1. The number of hydrogen-bond donors (Lipinski definition) is 2. The molecule has 1 atom stereocenters. The van der Waals surface area contributed by atoms with Gasteiger partial charge in [0.15, 0.2) is 17.6 Å². The van der Waals surface area contributed by atoms with E-state index < -0.39 is 24.0 Å². The van der Waals surface area contributed by atoms with Crippen molar-refractivity contribution in [1.82, 2.24) is 10.6 Å². The van der Waals surface area contributed by atoms with Gasteiger partial charge in [0.2, 0.25) is 0 Å². The number of methoxy groups -OCH3 is 2. The van der Waals surface area contributed by atoms with Crippen molar-refractivity contribution in [3.05, 3.63) is 23.8 Å². The van der Waals surface area contributed by atoms with E-state index >= 15 is 0 Å². The van der Waals surface area contributed by atoms with E-state index in [4.69, 9.17) is 9.47 Å². The van der Waals surface area contributed by atoms with Crippen LogP contribution in [0.2, 0.25) is 0 Å². The first-order chi connectivity index (χ1) is 10.4. The second kappa shape index (κ2) is 7.87. The molecule has 3 amide bonds. The van der Waals surface area contributed by atoms with E-state index in [0.717, 1.165) is 0 Å². The number of carbonyl (C=O) groups is 3. The van der Waals surface area contributed by atoms with Gasteiger partial charge in [0.25, 0.3) is 5.91 Å². The quantitative estimate of drug-likeness (QED) is 0.776. The summed E-state index contributed by atoms with van der Waals surface area (Å²) in [6.45, 7) is 1.48. The maximum Gasteiger partial charge on any atom is 0.337 e. The number of ether oxygens (including phenoxy) is 3. The molecule has 0 aliphatic carbocycles. The van der Waals surface area contributed by atoms with Crippen molar-refractivity contribution in [3.63, 3.8) is 0 Å². The van der Waals surface area contributed by atoms with Crippen molar-refractivity contribution in [1.29, 1.82) is 0 Å². The van der Waals surface area contributed by atoms with E-state index in [-0.39, 0.29) is 17.1 Å². The Morgan fingerprint density at radius 2 is 1.82 bits per heavy atom. The van der Waals surface area contributed by atoms with Gasteiger partial charge in [-0.2, -0.15) is 0 Å². The minimum atomic E-state index is -0.935. The largest absolute Gasteiger partial charge is 0.493 e. The van der Waals surface area contributed by atoms with Gasteiger partial charge in [-0.3, -0.25) is 10.1 Å². The van der Waals surface area contributed by atoms with Crippen LogP contribution in [-0.4, -0.2) is 45.3 Å². The molecule has 1 aromatic carbocycles. The number of hydrogen-bond acceptors (Lipinski definition) is 6. The van der Waals surface area contributed by atoms with Gasteiger partial charge >= 0.3 is 12.0 Å². The van der Waals surface area contributed by atoms with Crippen LogP contribution in [-0.2, 0) is 9.53 Å². The number of carbonyl (C=O) groups excluding carboxylic acids is 3. The molecule has 0 aliphatic rings. The molecule has 0 saturated carbocycles. The van der Waals surface area contributed by atoms with Gasteiger partial charge in [0.1, 0.15) is 0 Å². The Morgan fingerprint density at radius 3 is 2.36 bits per heavy atom. The molecule has 8 nitrogen and oxygen atoms in total. The average molecular weight is 310 g/mol. The highest BCUT2D eigenvalue weighted by molar-refractivity contribution is 5.96. The standard InChI is InChI=1S/C14H18N2O6/c1-8(12(17)16-14(19)15-2)22-10-6-5-9(13(18)21-4)7-11(10)20-3/h5-8H,1-4H3,(H2,15,16,17,19)/t8-/m1/s1. The van der Waals surface area contributed by atoms with Crippen molar-refractivity contribution in [2.24, 2.45) is 0 Å². The Bertz CT molecular complexity index is 572. The number of rotatable bonds is 5. The monoisotopic (exact) mass is 310 g/mol. The van der Waals surface area contributed by atoms with Gasteiger partial charge in [0, 0.05) is 7.05 Å². The predicted octanol–water partition coefficient (Wildman–Crippen LogP) is 0.705. The van der Waals surface area contributed by atoms with Gasteiger partial charge in [-0.05, 0) is 25.1 Å². The SMILES string of the molecule is CNC(=O)NC(=O)[C@@H](C)Oc1ccc(C(=O)OC)cc1OC. The van der Waals surface area contributed by atoms with Crippen LogP contribution in [0.1, 0.15) is 17.3 Å². The number of esters is 1. The van der Waals surface area contributed by atoms with Crippen LogP contribution in [0.15, 0.2) is 18.2 Å². The number of benzene rings is 1. The Labute approximate surface area is 127 Å². The van der Waals surface area contributed by atoms with Crippen molar-refractivity contribution >= 4 is 17.9 Å². The second-order valence-corrected chi connectivity index (χ2v) is 4.19. The number of amides is 3. The molecule has 22 heavy (non-hydrogen) atoms. The third-order valence-electron chi connectivity index (χ3n) is 2.72. The lowest BCUT2D eigenvalue weighted by Gasteiger charge is -2.16. The molecule has 0 aliphatic heterocycles. The zero-order valence-corrected chi connectivity index (χ0v) is 12.8. The minimum absolute atomic E-state index is 0.259. The number of nitrogens with one attached hydrogen (secondary N) is 2. The molecule has 0 radical (unpaired) electrons. The third-order valence-corrected chi connectivity index (χ3v) is 2.72. The van der Waals surface area contributed by atoms with Gasteiger partial charge < -0.3 is 19.5 Å². The Balaban J connectivity index is 2.86. The van der Waals surface area contributed by atoms with Gasteiger partial charge in [-0.25, -0.2) is 9.59 Å². The van der Waals surface area contributed by atoms with Crippen LogP contribution in [0.5, 0.6) is 11.5 Å². The first-order valence-electron chi connectivity index (χ1n) is 6.38. The van der Waals surface area contributed by atoms with E-state index in [0.29, 0.717) is 0 Å². The van der Waals surface area contributed by atoms with E-state index in [1.54, 1.807) is 0 Å². The molecule has 1 aromatic rings. The van der Waals surface area contributed by atoms with E-state index in [1.165, 1.54) is 46.4 Å². The first kappa shape index (κ1) is 17.3. The smallest absolute Gasteiger partial charge is 0.337 e. The minimum Gasteiger partial charge on any atom is -0.493 e. The molecule has 0 saturated heterocycles. The molecule has 0 spiro atoms. The first-order valence-corrected chi connectivity index (χ1v) is 6.38. The molecule has 0 fully saturated rings. The Morgan fingerprint density at radius 1 is 1.14 bits per heavy atom. The lowest BCUT2D eigenvalue weighted by molar-refractivity contribution is -0.126. The summed E-state index contributed by atoms with van der Waals surface area (Å²) < 4.78 is 15.2. The summed E-state index contributed by atoms with van der Waals surface area (Å²) in [6.07, 6.45) is -0.935. The molecule has 2 N–H and O–H groups in total. The molecule has 8 heteroatoms. The van der Waals surface area contributed by atoms with Crippen molar-refractivity contribution in [2.45, 2.75) is 13.0 Å². The van der Waals surface area contributed by atoms with Crippen LogP contribution in [0, 0.1) is 0 Å². The van der Waals surface area contributed by atoms with Crippen molar-refractivity contribution in [3.8, 4) is 11.5 Å². The van der Waals surface area contributed by atoms with Crippen molar-refractivity contribution < 1.29 is 28.6 Å². The summed E-state index contributed by atoms with van der Waals surface area (Å²) in [5, 5.41) is 4.36. The fourth-order valence-electron chi connectivity index (χ4n) is 1.53. The lowest BCUT2D eigenvalue weighted by Crippen LogP contribution is -2.44. The molecule has 120 valence electrons. The average Bonchev–Trinajstić information content (AvgIpc) is 2.53. The molecule has 0 heterocycles. The van der Waals surface area contributed by atoms with Crippen LogP contribution in [0.3, 0.4) is 0 Å². The summed E-state index contributed by atoms with van der Waals surface area (Å²) >= 11 is 0. The highest BCUT2D eigenvalue weighted by atomic mass is 16.5. The molecular formula is C14H18N2O6. The van der Waals surface area contributed by atoms with Crippen LogP contribution < -0.4 is 20.1 Å². The molecular weight excluding hydrogens is 292 g/mol. The number of urea groups is 1. The summed E-state index contributed by atoms with van der Waals surface area (Å²) in [5.41, 5.74) is 0.286. The summed E-state index contributed by atoms with van der Waals surface area (Å²) in [4.78, 5) is 34.3. The fraction of sp³-hybridized carbons (Fsp3) is 0.357. The normalized spacial score (nSPS) is 11.1. The van der Waals surface area contributed by atoms with Gasteiger partial charge in [-0.15, -0.1) is 0 Å². The maximum absolute atomic E-state index is 11.7. The Hall–Kier alpha value is -2.77. The van der Waals surface area contributed by atoms with E-state index in [2.05, 4.69) is 15.4 Å². The lowest BCUT2D eigenvalue weighted by atomic mass is 10.2.